The predicted molar refractivity (Wildman–Crippen MR) is 125 cm³/mol. The van der Waals surface area contributed by atoms with Crippen LogP contribution >= 0.6 is 15.9 Å². The average Bonchev–Trinajstić information content (AvgIpc) is 2.79. The van der Waals surface area contributed by atoms with Crippen molar-refractivity contribution in [3.05, 3.63) is 94.5 Å². The van der Waals surface area contributed by atoms with Crippen LogP contribution in [0, 0.1) is 0 Å². The van der Waals surface area contributed by atoms with Crippen LogP contribution in [0.1, 0.15) is 34.1 Å². The van der Waals surface area contributed by atoms with Gasteiger partial charge in [-0.25, -0.2) is 0 Å². The zero-order chi connectivity index (χ0) is 22.2. The molecule has 7 heteroatoms. The Labute approximate surface area is 189 Å². The first-order valence-corrected chi connectivity index (χ1v) is 10.6. The fourth-order valence-corrected chi connectivity index (χ4v) is 3.33. The third-order valence-corrected chi connectivity index (χ3v) is 5.31. The van der Waals surface area contributed by atoms with Gasteiger partial charge < -0.3 is 16.0 Å². The van der Waals surface area contributed by atoms with Crippen molar-refractivity contribution < 1.29 is 14.4 Å². The average molecular weight is 480 g/mol. The number of nitrogens with one attached hydrogen (secondary N) is 3. The molecule has 6 nitrogen and oxygen atoms in total. The molecule has 0 fully saturated rings. The van der Waals surface area contributed by atoms with Gasteiger partial charge in [0.2, 0.25) is 5.91 Å². The van der Waals surface area contributed by atoms with Gasteiger partial charge in [-0.2, -0.15) is 0 Å². The smallest absolute Gasteiger partial charge is 0.255 e. The highest BCUT2D eigenvalue weighted by molar-refractivity contribution is 9.10. The maximum absolute atomic E-state index is 12.9. The zero-order valence-corrected chi connectivity index (χ0v) is 18.5. The van der Waals surface area contributed by atoms with Gasteiger partial charge in [0.15, 0.2) is 0 Å². The Bertz CT molecular complexity index is 1090. The van der Waals surface area contributed by atoms with Gasteiger partial charge in [0.05, 0.1) is 16.9 Å². The van der Waals surface area contributed by atoms with E-state index in [0.717, 1.165) is 4.47 Å². The fourth-order valence-electron chi connectivity index (χ4n) is 2.95. The molecule has 0 unspecified atom stereocenters. The van der Waals surface area contributed by atoms with E-state index in [9.17, 15) is 14.4 Å². The van der Waals surface area contributed by atoms with Gasteiger partial charge in [0.1, 0.15) is 6.04 Å². The predicted octanol–water partition coefficient (Wildman–Crippen LogP) is 4.85. The van der Waals surface area contributed by atoms with Crippen LogP contribution < -0.4 is 16.0 Å². The summed E-state index contributed by atoms with van der Waals surface area (Å²) in [6, 6.07) is 21.9. The van der Waals surface area contributed by atoms with Gasteiger partial charge >= 0.3 is 0 Å². The van der Waals surface area contributed by atoms with Gasteiger partial charge in [-0.05, 0) is 58.7 Å². The van der Waals surface area contributed by atoms with E-state index in [0.29, 0.717) is 23.4 Å². The molecule has 1 atom stereocenters. The molecule has 0 bridgehead atoms. The van der Waals surface area contributed by atoms with Crippen LogP contribution in [0.3, 0.4) is 0 Å². The number of rotatable bonds is 7. The summed E-state index contributed by atoms with van der Waals surface area (Å²) >= 11 is 3.39. The van der Waals surface area contributed by atoms with E-state index in [1.54, 1.807) is 54.6 Å². The Kier molecular flexibility index (Phi) is 7.56. The standard InChI is InChI=1S/C24H22BrN3O3/c1-2-19(24(31)28-21-15-9-7-13-18(21)25)26-23(30)17-12-6-8-14-20(17)27-22(29)16-10-4-3-5-11-16/h3-15,19H,2H2,1H3,(H,26,30)(H,27,29)(H,28,31)/t19-/m1/s1. The molecule has 3 aromatic rings. The summed E-state index contributed by atoms with van der Waals surface area (Å²) in [5.74, 6) is -1.09. The van der Waals surface area contributed by atoms with Crippen molar-refractivity contribution in [3.8, 4) is 0 Å². The summed E-state index contributed by atoms with van der Waals surface area (Å²) in [7, 11) is 0. The Morgan fingerprint density at radius 2 is 1.39 bits per heavy atom. The van der Waals surface area contributed by atoms with Crippen LogP contribution in [-0.2, 0) is 4.79 Å². The molecule has 0 radical (unpaired) electrons. The Morgan fingerprint density at radius 3 is 2.06 bits per heavy atom. The van der Waals surface area contributed by atoms with E-state index in [-0.39, 0.29) is 17.4 Å². The zero-order valence-electron chi connectivity index (χ0n) is 16.9. The summed E-state index contributed by atoms with van der Waals surface area (Å²) in [4.78, 5) is 38.1. The van der Waals surface area contributed by atoms with Gasteiger partial charge in [-0.1, -0.05) is 49.4 Å². The molecule has 0 aliphatic heterocycles. The van der Waals surface area contributed by atoms with Gasteiger partial charge in [0, 0.05) is 10.0 Å². The third kappa shape index (κ3) is 5.79. The Balaban J connectivity index is 1.72. The molecule has 0 aliphatic rings. The Hall–Kier alpha value is -3.45. The van der Waals surface area contributed by atoms with Crippen molar-refractivity contribution >= 4 is 45.0 Å². The molecule has 158 valence electrons. The monoisotopic (exact) mass is 479 g/mol. The number of carbonyl (C=O) groups is 3. The molecule has 0 saturated carbocycles. The van der Waals surface area contributed by atoms with Crippen molar-refractivity contribution in [3.63, 3.8) is 0 Å². The molecule has 0 saturated heterocycles. The first kappa shape index (κ1) is 22.2. The fraction of sp³-hybridized carbons (Fsp3) is 0.125. The number of anilines is 2. The van der Waals surface area contributed by atoms with E-state index >= 15 is 0 Å². The molecule has 0 spiro atoms. The number of hydrogen-bond acceptors (Lipinski definition) is 3. The Morgan fingerprint density at radius 1 is 0.774 bits per heavy atom. The number of benzene rings is 3. The number of halogens is 1. The minimum atomic E-state index is -0.738. The van der Waals surface area contributed by atoms with Crippen LogP contribution in [0.5, 0.6) is 0 Å². The second-order valence-corrected chi connectivity index (χ2v) is 7.62. The molecule has 3 rings (SSSR count). The number of carbonyl (C=O) groups excluding carboxylic acids is 3. The lowest BCUT2D eigenvalue weighted by Gasteiger charge is -2.18. The molecule has 31 heavy (non-hydrogen) atoms. The first-order chi connectivity index (χ1) is 15.0. The summed E-state index contributed by atoms with van der Waals surface area (Å²) in [6.45, 7) is 1.81. The molecule has 3 amide bonds. The molecule has 3 aromatic carbocycles. The summed E-state index contributed by atoms with van der Waals surface area (Å²) in [5, 5.41) is 8.34. The van der Waals surface area contributed by atoms with E-state index < -0.39 is 11.9 Å². The molecule has 0 aliphatic carbocycles. The highest BCUT2D eigenvalue weighted by Crippen LogP contribution is 2.22. The minimum Gasteiger partial charge on any atom is -0.340 e. The molecular formula is C24H22BrN3O3. The topological polar surface area (TPSA) is 87.3 Å². The van der Waals surface area contributed by atoms with E-state index in [4.69, 9.17) is 0 Å². The number of para-hydroxylation sites is 2. The van der Waals surface area contributed by atoms with Crippen molar-refractivity contribution in [2.45, 2.75) is 19.4 Å². The number of amides is 3. The SMILES string of the molecule is CC[C@@H](NC(=O)c1ccccc1NC(=O)c1ccccc1)C(=O)Nc1ccccc1Br. The van der Waals surface area contributed by atoms with Crippen LogP contribution in [-0.4, -0.2) is 23.8 Å². The lowest BCUT2D eigenvalue weighted by Crippen LogP contribution is -2.43. The van der Waals surface area contributed by atoms with Crippen molar-refractivity contribution in [1.82, 2.24) is 5.32 Å². The molecule has 0 aromatic heterocycles. The lowest BCUT2D eigenvalue weighted by atomic mass is 10.1. The van der Waals surface area contributed by atoms with E-state index in [1.165, 1.54) is 0 Å². The minimum absolute atomic E-state index is 0.277. The molecular weight excluding hydrogens is 458 g/mol. The number of hydrogen-bond donors (Lipinski definition) is 3. The molecule has 3 N–H and O–H groups in total. The summed E-state index contributed by atoms with van der Waals surface area (Å²) < 4.78 is 0.749. The highest BCUT2D eigenvalue weighted by atomic mass is 79.9. The second-order valence-electron chi connectivity index (χ2n) is 6.77. The van der Waals surface area contributed by atoms with Crippen LogP contribution in [0.15, 0.2) is 83.3 Å². The van der Waals surface area contributed by atoms with Gasteiger partial charge in [-0.15, -0.1) is 0 Å². The normalized spacial score (nSPS) is 11.3. The third-order valence-electron chi connectivity index (χ3n) is 4.62. The van der Waals surface area contributed by atoms with Gasteiger partial charge in [0.25, 0.3) is 11.8 Å². The molecule has 0 heterocycles. The lowest BCUT2D eigenvalue weighted by molar-refractivity contribution is -0.118. The maximum Gasteiger partial charge on any atom is 0.255 e. The van der Waals surface area contributed by atoms with Crippen LogP contribution in [0.25, 0.3) is 0 Å². The van der Waals surface area contributed by atoms with E-state index in [2.05, 4.69) is 31.9 Å². The quantitative estimate of drug-likeness (QED) is 0.452. The van der Waals surface area contributed by atoms with Gasteiger partial charge in [-0.3, -0.25) is 14.4 Å². The van der Waals surface area contributed by atoms with Crippen LogP contribution in [0.2, 0.25) is 0 Å². The summed E-state index contributed by atoms with van der Waals surface area (Å²) in [6.07, 6.45) is 0.403. The second kappa shape index (κ2) is 10.5. The summed E-state index contributed by atoms with van der Waals surface area (Å²) in [5.41, 5.74) is 1.75. The van der Waals surface area contributed by atoms with Crippen molar-refractivity contribution in [2.75, 3.05) is 10.6 Å². The van der Waals surface area contributed by atoms with Crippen molar-refractivity contribution in [2.24, 2.45) is 0 Å². The van der Waals surface area contributed by atoms with Crippen LogP contribution in [0.4, 0.5) is 11.4 Å². The first-order valence-electron chi connectivity index (χ1n) is 9.81. The largest absolute Gasteiger partial charge is 0.340 e. The van der Waals surface area contributed by atoms with E-state index in [1.807, 2.05) is 31.2 Å². The maximum atomic E-state index is 12.9. The highest BCUT2D eigenvalue weighted by Gasteiger charge is 2.22. The van der Waals surface area contributed by atoms with Crippen molar-refractivity contribution in [1.29, 1.82) is 0 Å².